The molecule has 1 N–H and O–H groups in total. The highest BCUT2D eigenvalue weighted by Crippen LogP contribution is 2.43. The highest BCUT2D eigenvalue weighted by molar-refractivity contribution is 5.33. The molecule has 0 aromatic heterocycles. The molecule has 16 heavy (non-hydrogen) atoms. The number of ether oxygens (including phenoxy) is 1. The number of benzene rings is 1. The Labute approximate surface area is 97.3 Å². The Kier molecular flexibility index (Phi) is 3.20. The van der Waals surface area contributed by atoms with Crippen LogP contribution in [0, 0.1) is 5.92 Å². The molecule has 2 rings (SSSR count). The lowest BCUT2D eigenvalue weighted by Gasteiger charge is -2.23. The van der Waals surface area contributed by atoms with E-state index in [0.717, 1.165) is 37.0 Å². The van der Waals surface area contributed by atoms with E-state index in [-0.39, 0.29) is 0 Å². The monoisotopic (exact) mass is 220 g/mol. The third-order valence-corrected chi connectivity index (χ3v) is 3.78. The predicted octanol–water partition coefficient (Wildman–Crippen LogP) is 3.09. The van der Waals surface area contributed by atoms with Gasteiger partial charge in [-0.25, -0.2) is 0 Å². The second kappa shape index (κ2) is 4.46. The van der Waals surface area contributed by atoms with Gasteiger partial charge in [-0.2, -0.15) is 0 Å². The van der Waals surface area contributed by atoms with Gasteiger partial charge in [-0.05, 0) is 42.9 Å². The molecular weight excluding hydrogens is 200 g/mol. The van der Waals surface area contributed by atoms with Crippen LogP contribution in [-0.4, -0.2) is 12.2 Å². The molecule has 0 bridgehead atoms. The average molecular weight is 220 g/mol. The van der Waals surface area contributed by atoms with E-state index in [1.165, 1.54) is 0 Å². The zero-order chi connectivity index (χ0) is 11.6. The molecule has 1 aromatic rings. The van der Waals surface area contributed by atoms with Crippen molar-refractivity contribution in [2.24, 2.45) is 5.92 Å². The molecule has 0 spiro atoms. The van der Waals surface area contributed by atoms with Gasteiger partial charge in [0.1, 0.15) is 5.75 Å². The van der Waals surface area contributed by atoms with Crippen molar-refractivity contribution in [1.29, 1.82) is 0 Å². The summed E-state index contributed by atoms with van der Waals surface area (Å²) < 4.78 is 5.20. The maximum atomic E-state index is 10.6. The van der Waals surface area contributed by atoms with Gasteiger partial charge in [-0.1, -0.05) is 25.5 Å². The smallest absolute Gasteiger partial charge is 0.119 e. The highest BCUT2D eigenvalue weighted by Gasteiger charge is 2.37. The van der Waals surface area contributed by atoms with E-state index in [1.54, 1.807) is 7.11 Å². The van der Waals surface area contributed by atoms with E-state index in [4.69, 9.17) is 4.74 Å². The van der Waals surface area contributed by atoms with Crippen LogP contribution >= 0.6 is 0 Å². The average Bonchev–Trinajstić information content (AvgIpc) is 2.73. The first-order valence-corrected chi connectivity index (χ1v) is 6.05. The fraction of sp³-hybridized carbons (Fsp3) is 0.571. The second-order valence-corrected chi connectivity index (χ2v) is 4.78. The molecule has 1 aliphatic carbocycles. The Morgan fingerprint density at radius 2 is 2.31 bits per heavy atom. The molecule has 1 fully saturated rings. The van der Waals surface area contributed by atoms with Gasteiger partial charge in [0.2, 0.25) is 0 Å². The van der Waals surface area contributed by atoms with Crippen molar-refractivity contribution < 1.29 is 9.84 Å². The summed E-state index contributed by atoms with van der Waals surface area (Å²) in [6.45, 7) is 2.20. The van der Waals surface area contributed by atoms with E-state index in [0.29, 0.717) is 5.92 Å². The summed E-state index contributed by atoms with van der Waals surface area (Å²) in [7, 11) is 1.66. The predicted molar refractivity (Wildman–Crippen MR) is 64.5 cm³/mol. The molecule has 0 saturated heterocycles. The summed E-state index contributed by atoms with van der Waals surface area (Å²) >= 11 is 0. The molecule has 88 valence electrons. The van der Waals surface area contributed by atoms with Gasteiger partial charge in [0.25, 0.3) is 0 Å². The number of rotatable bonds is 3. The van der Waals surface area contributed by atoms with Crippen molar-refractivity contribution in [1.82, 2.24) is 0 Å². The Hall–Kier alpha value is -1.02. The van der Waals surface area contributed by atoms with Crippen LogP contribution in [-0.2, 0) is 5.60 Å². The Morgan fingerprint density at radius 1 is 1.50 bits per heavy atom. The van der Waals surface area contributed by atoms with Crippen molar-refractivity contribution >= 4 is 0 Å². The number of methoxy groups -OCH3 is 1. The molecule has 2 atom stereocenters. The third kappa shape index (κ3) is 2.07. The van der Waals surface area contributed by atoms with Crippen LogP contribution in [0.4, 0.5) is 0 Å². The van der Waals surface area contributed by atoms with Crippen LogP contribution in [0.5, 0.6) is 5.75 Å². The first-order valence-electron chi connectivity index (χ1n) is 6.05. The lowest BCUT2D eigenvalue weighted by Crippen LogP contribution is -2.21. The summed E-state index contributed by atoms with van der Waals surface area (Å²) in [5.74, 6) is 1.49. The van der Waals surface area contributed by atoms with E-state index >= 15 is 0 Å². The quantitative estimate of drug-likeness (QED) is 0.848. The molecule has 1 aromatic carbocycles. The zero-order valence-corrected chi connectivity index (χ0v) is 10.1. The maximum Gasteiger partial charge on any atom is 0.119 e. The van der Waals surface area contributed by atoms with Gasteiger partial charge in [-0.15, -0.1) is 0 Å². The van der Waals surface area contributed by atoms with Gasteiger partial charge >= 0.3 is 0 Å². The molecule has 0 radical (unpaired) electrons. The second-order valence-electron chi connectivity index (χ2n) is 4.78. The van der Waals surface area contributed by atoms with Crippen LogP contribution in [0.3, 0.4) is 0 Å². The minimum atomic E-state index is -0.630. The van der Waals surface area contributed by atoms with Gasteiger partial charge in [-0.3, -0.25) is 0 Å². The summed E-state index contributed by atoms with van der Waals surface area (Å²) in [5, 5.41) is 10.6. The number of hydrogen-bond donors (Lipinski definition) is 1. The first-order chi connectivity index (χ1) is 7.68. The molecule has 0 aliphatic heterocycles. The SMILES string of the molecule is CCC1CCC(O)(c2cccc(OC)c2)C1. The van der Waals surface area contributed by atoms with E-state index in [2.05, 4.69) is 6.92 Å². The maximum absolute atomic E-state index is 10.6. The molecule has 0 heterocycles. The first kappa shape index (κ1) is 11.5. The van der Waals surface area contributed by atoms with Crippen LogP contribution < -0.4 is 4.74 Å². The summed E-state index contributed by atoms with van der Waals surface area (Å²) in [6.07, 6.45) is 4.05. The van der Waals surface area contributed by atoms with E-state index in [1.807, 2.05) is 24.3 Å². The molecule has 2 nitrogen and oxygen atoms in total. The molecule has 1 aliphatic rings. The summed E-state index contributed by atoms with van der Waals surface area (Å²) in [4.78, 5) is 0. The zero-order valence-electron chi connectivity index (χ0n) is 10.1. The minimum absolute atomic E-state index is 0.630. The van der Waals surface area contributed by atoms with Crippen molar-refractivity contribution in [2.75, 3.05) is 7.11 Å². The number of hydrogen-bond acceptors (Lipinski definition) is 2. The summed E-state index contributed by atoms with van der Waals surface area (Å²) in [5.41, 5.74) is 0.373. The fourth-order valence-corrected chi connectivity index (χ4v) is 2.65. The van der Waals surface area contributed by atoms with Crippen LogP contribution in [0.25, 0.3) is 0 Å². The standard InChI is InChI=1S/C14H20O2/c1-3-11-7-8-14(15,10-11)12-5-4-6-13(9-12)16-2/h4-6,9,11,15H,3,7-8,10H2,1-2H3. The van der Waals surface area contributed by atoms with Crippen LogP contribution in [0.2, 0.25) is 0 Å². The van der Waals surface area contributed by atoms with Gasteiger partial charge in [0, 0.05) is 0 Å². The van der Waals surface area contributed by atoms with Crippen molar-refractivity contribution in [3.63, 3.8) is 0 Å². The van der Waals surface area contributed by atoms with Gasteiger partial charge in [0.15, 0.2) is 0 Å². The van der Waals surface area contributed by atoms with E-state index in [9.17, 15) is 5.11 Å². The largest absolute Gasteiger partial charge is 0.497 e. The minimum Gasteiger partial charge on any atom is -0.497 e. The van der Waals surface area contributed by atoms with Crippen molar-refractivity contribution in [3.05, 3.63) is 29.8 Å². The highest BCUT2D eigenvalue weighted by atomic mass is 16.5. The number of aliphatic hydroxyl groups is 1. The fourth-order valence-electron chi connectivity index (χ4n) is 2.65. The van der Waals surface area contributed by atoms with Gasteiger partial charge in [0.05, 0.1) is 12.7 Å². The molecule has 0 amide bonds. The Balaban J connectivity index is 2.22. The van der Waals surface area contributed by atoms with Crippen molar-refractivity contribution in [3.8, 4) is 5.75 Å². The van der Waals surface area contributed by atoms with Gasteiger partial charge < -0.3 is 9.84 Å². The lowest BCUT2D eigenvalue weighted by molar-refractivity contribution is 0.0396. The third-order valence-electron chi connectivity index (χ3n) is 3.78. The molecule has 2 heteroatoms. The van der Waals surface area contributed by atoms with Crippen LogP contribution in [0.1, 0.15) is 38.2 Å². The summed E-state index contributed by atoms with van der Waals surface area (Å²) in [6, 6.07) is 7.82. The Morgan fingerprint density at radius 3 is 2.94 bits per heavy atom. The molecule has 1 saturated carbocycles. The lowest BCUT2D eigenvalue weighted by atomic mass is 9.90. The van der Waals surface area contributed by atoms with Crippen LogP contribution in [0.15, 0.2) is 24.3 Å². The topological polar surface area (TPSA) is 29.5 Å². The normalized spacial score (nSPS) is 29.3. The molecular formula is C14H20O2. The Bertz CT molecular complexity index is 362. The van der Waals surface area contributed by atoms with Crippen molar-refractivity contribution in [2.45, 2.75) is 38.2 Å². The molecule has 2 unspecified atom stereocenters. The van der Waals surface area contributed by atoms with E-state index < -0.39 is 5.60 Å².